The van der Waals surface area contributed by atoms with Gasteiger partial charge in [-0.15, -0.1) is 0 Å². The lowest BCUT2D eigenvalue weighted by atomic mass is 10.1. The van der Waals surface area contributed by atoms with E-state index in [2.05, 4.69) is 10.3 Å². The van der Waals surface area contributed by atoms with Crippen LogP contribution in [-0.2, 0) is 4.79 Å². The predicted octanol–water partition coefficient (Wildman–Crippen LogP) is 1.49. The van der Waals surface area contributed by atoms with Crippen molar-refractivity contribution < 1.29 is 14.4 Å². The standard InChI is InChI=1S/C20H22N4O3/c1-15(16-5-3-2-4-6-16)22-19(26)17-7-8-21-18(13-17)20(27)24-11-9-23(14-25)10-12-24/h2-8,13-15H,9-12H2,1H3,(H,22,26). The molecule has 1 aliphatic rings. The summed E-state index contributed by atoms with van der Waals surface area (Å²) in [7, 11) is 0. The minimum atomic E-state index is -0.256. The number of hydrogen-bond acceptors (Lipinski definition) is 4. The number of rotatable bonds is 5. The molecule has 1 aromatic carbocycles. The number of piperazine rings is 1. The highest BCUT2D eigenvalue weighted by Crippen LogP contribution is 2.13. The number of pyridine rings is 1. The van der Waals surface area contributed by atoms with E-state index in [1.54, 1.807) is 15.9 Å². The number of carbonyl (C=O) groups excluding carboxylic acids is 3. The molecule has 3 rings (SSSR count). The monoisotopic (exact) mass is 366 g/mol. The second kappa shape index (κ2) is 8.44. The second-order valence-electron chi connectivity index (χ2n) is 6.47. The Morgan fingerprint density at radius 3 is 2.48 bits per heavy atom. The fourth-order valence-electron chi connectivity index (χ4n) is 2.99. The number of hydrogen-bond donors (Lipinski definition) is 1. The molecule has 1 fully saturated rings. The summed E-state index contributed by atoms with van der Waals surface area (Å²) in [4.78, 5) is 43.4. The molecule has 27 heavy (non-hydrogen) atoms. The average molecular weight is 366 g/mol. The van der Waals surface area contributed by atoms with Gasteiger partial charge in [-0.2, -0.15) is 0 Å². The van der Waals surface area contributed by atoms with Crippen molar-refractivity contribution in [2.24, 2.45) is 0 Å². The molecule has 2 aromatic rings. The highest BCUT2D eigenvalue weighted by molar-refractivity contribution is 5.98. The molecule has 140 valence electrons. The predicted molar refractivity (Wildman–Crippen MR) is 100 cm³/mol. The van der Waals surface area contributed by atoms with Crippen LogP contribution < -0.4 is 5.32 Å². The molecule has 2 heterocycles. The number of carbonyl (C=O) groups is 3. The van der Waals surface area contributed by atoms with Crippen LogP contribution in [0.2, 0.25) is 0 Å². The molecule has 1 unspecified atom stereocenters. The van der Waals surface area contributed by atoms with Crippen LogP contribution >= 0.6 is 0 Å². The molecule has 1 N–H and O–H groups in total. The maximum absolute atomic E-state index is 12.6. The zero-order valence-corrected chi connectivity index (χ0v) is 15.2. The van der Waals surface area contributed by atoms with Gasteiger partial charge in [0.25, 0.3) is 11.8 Å². The molecule has 0 bridgehead atoms. The Bertz CT molecular complexity index is 817. The van der Waals surface area contributed by atoms with Gasteiger partial charge in [-0.05, 0) is 24.6 Å². The van der Waals surface area contributed by atoms with Crippen LogP contribution in [0.5, 0.6) is 0 Å². The maximum Gasteiger partial charge on any atom is 0.272 e. The maximum atomic E-state index is 12.6. The third-order valence-electron chi connectivity index (χ3n) is 4.64. The lowest BCUT2D eigenvalue weighted by Gasteiger charge is -2.32. The van der Waals surface area contributed by atoms with Crippen molar-refractivity contribution in [1.82, 2.24) is 20.1 Å². The van der Waals surface area contributed by atoms with Gasteiger partial charge in [-0.3, -0.25) is 19.4 Å². The van der Waals surface area contributed by atoms with Crippen LogP contribution in [0.1, 0.15) is 39.4 Å². The minimum absolute atomic E-state index is 0.151. The Kier molecular flexibility index (Phi) is 5.80. The van der Waals surface area contributed by atoms with Crippen molar-refractivity contribution in [2.75, 3.05) is 26.2 Å². The van der Waals surface area contributed by atoms with Crippen LogP contribution in [0.15, 0.2) is 48.7 Å². The average Bonchev–Trinajstić information content (AvgIpc) is 2.74. The molecular formula is C20H22N4O3. The van der Waals surface area contributed by atoms with Crippen molar-refractivity contribution in [1.29, 1.82) is 0 Å². The first-order valence-corrected chi connectivity index (χ1v) is 8.89. The van der Waals surface area contributed by atoms with E-state index in [1.807, 2.05) is 37.3 Å². The smallest absolute Gasteiger partial charge is 0.272 e. The summed E-state index contributed by atoms with van der Waals surface area (Å²) in [5, 5.41) is 2.93. The molecule has 3 amide bonds. The number of nitrogens with one attached hydrogen (secondary N) is 1. The molecule has 1 aromatic heterocycles. The highest BCUT2D eigenvalue weighted by Gasteiger charge is 2.23. The van der Waals surface area contributed by atoms with Crippen molar-refractivity contribution in [3.63, 3.8) is 0 Å². The Hall–Kier alpha value is -3.22. The van der Waals surface area contributed by atoms with Crippen molar-refractivity contribution in [2.45, 2.75) is 13.0 Å². The quantitative estimate of drug-likeness (QED) is 0.813. The SMILES string of the molecule is CC(NC(=O)c1ccnc(C(=O)N2CCN(C=O)CC2)c1)c1ccccc1. The second-order valence-corrected chi connectivity index (χ2v) is 6.47. The van der Waals surface area contributed by atoms with Gasteiger partial charge in [0.15, 0.2) is 0 Å². The Morgan fingerprint density at radius 1 is 1.11 bits per heavy atom. The number of benzene rings is 1. The molecule has 1 atom stereocenters. The summed E-state index contributed by atoms with van der Waals surface area (Å²) in [6.45, 7) is 3.84. The van der Waals surface area contributed by atoms with Crippen molar-refractivity contribution in [3.8, 4) is 0 Å². The fraction of sp³-hybridized carbons (Fsp3) is 0.300. The van der Waals surface area contributed by atoms with Crippen LogP contribution in [0, 0.1) is 0 Å². The fourth-order valence-corrected chi connectivity index (χ4v) is 2.99. The van der Waals surface area contributed by atoms with Gasteiger partial charge in [-0.25, -0.2) is 0 Å². The Balaban J connectivity index is 1.67. The number of nitrogens with zero attached hydrogens (tertiary/aromatic N) is 3. The van der Waals surface area contributed by atoms with Gasteiger partial charge in [0, 0.05) is 37.9 Å². The van der Waals surface area contributed by atoms with Crippen LogP contribution in [0.4, 0.5) is 0 Å². The van der Waals surface area contributed by atoms with Gasteiger partial charge in [0.2, 0.25) is 6.41 Å². The summed E-state index contributed by atoms with van der Waals surface area (Å²) in [6, 6.07) is 12.6. The van der Waals surface area contributed by atoms with E-state index in [0.29, 0.717) is 31.7 Å². The molecule has 0 saturated carbocycles. The zero-order chi connectivity index (χ0) is 19.2. The molecular weight excluding hydrogens is 344 g/mol. The largest absolute Gasteiger partial charge is 0.346 e. The van der Waals surface area contributed by atoms with E-state index >= 15 is 0 Å². The summed E-state index contributed by atoms with van der Waals surface area (Å²) < 4.78 is 0. The van der Waals surface area contributed by atoms with E-state index in [1.165, 1.54) is 12.3 Å². The van der Waals surface area contributed by atoms with E-state index in [4.69, 9.17) is 0 Å². The topological polar surface area (TPSA) is 82.6 Å². The van der Waals surface area contributed by atoms with E-state index < -0.39 is 0 Å². The van der Waals surface area contributed by atoms with Gasteiger partial charge < -0.3 is 15.1 Å². The van der Waals surface area contributed by atoms with Gasteiger partial charge >= 0.3 is 0 Å². The summed E-state index contributed by atoms with van der Waals surface area (Å²) >= 11 is 0. The Morgan fingerprint density at radius 2 is 1.81 bits per heavy atom. The molecule has 0 aliphatic carbocycles. The lowest BCUT2D eigenvalue weighted by molar-refractivity contribution is -0.119. The Labute approximate surface area is 158 Å². The molecule has 1 aliphatic heterocycles. The molecule has 0 radical (unpaired) electrons. The van der Waals surface area contributed by atoms with Gasteiger partial charge in [0.1, 0.15) is 5.69 Å². The number of aromatic nitrogens is 1. The molecule has 0 spiro atoms. The first-order chi connectivity index (χ1) is 13.1. The third-order valence-corrected chi connectivity index (χ3v) is 4.64. The van der Waals surface area contributed by atoms with E-state index in [9.17, 15) is 14.4 Å². The van der Waals surface area contributed by atoms with E-state index in [-0.39, 0.29) is 23.6 Å². The zero-order valence-electron chi connectivity index (χ0n) is 15.2. The summed E-state index contributed by atoms with van der Waals surface area (Å²) in [5.41, 5.74) is 1.63. The van der Waals surface area contributed by atoms with Crippen molar-refractivity contribution in [3.05, 3.63) is 65.5 Å². The van der Waals surface area contributed by atoms with Crippen LogP contribution in [0.25, 0.3) is 0 Å². The van der Waals surface area contributed by atoms with Gasteiger partial charge in [0.05, 0.1) is 6.04 Å². The minimum Gasteiger partial charge on any atom is -0.346 e. The lowest BCUT2D eigenvalue weighted by Crippen LogP contribution is -2.48. The molecule has 1 saturated heterocycles. The van der Waals surface area contributed by atoms with Gasteiger partial charge in [-0.1, -0.05) is 30.3 Å². The highest BCUT2D eigenvalue weighted by atomic mass is 16.2. The summed E-state index contributed by atoms with van der Waals surface area (Å²) in [6.07, 6.45) is 2.26. The normalized spacial score (nSPS) is 15.1. The summed E-state index contributed by atoms with van der Waals surface area (Å²) in [5.74, 6) is -0.486. The number of amides is 3. The third kappa shape index (κ3) is 4.49. The first-order valence-electron chi connectivity index (χ1n) is 8.89. The van der Waals surface area contributed by atoms with Crippen LogP contribution in [-0.4, -0.2) is 59.2 Å². The molecule has 7 nitrogen and oxygen atoms in total. The first kappa shape index (κ1) is 18.6. The van der Waals surface area contributed by atoms with Crippen LogP contribution in [0.3, 0.4) is 0 Å². The van der Waals surface area contributed by atoms with E-state index in [0.717, 1.165) is 12.0 Å². The van der Waals surface area contributed by atoms with Crippen molar-refractivity contribution >= 4 is 18.2 Å². The molecule has 7 heteroatoms.